The summed E-state index contributed by atoms with van der Waals surface area (Å²) in [7, 11) is 0. The maximum atomic E-state index is 11.2. The summed E-state index contributed by atoms with van der Waals surface area (Å²) in [5.41, 5.74) is 0.879. The SMILES string of the molecule is C[C@H]1[C@H](C)O[C@H](c2ccc(Cl)cc2)N[C@@H]1C(=O)O. The monoisotopic (exact) mass is 269 g/mol. The second-order valence-corrected chi connectivity index (χ2v) is 5.05. The van der Waals surface area contributed by atoms with Gasteiger partial charge < -0.3 is 9.84 Å². The van der Waals surface area contributed by atoms with Crippen LogP contribution >= 0.6 is 11.6 Å². The van der Waals surface area contributed by atoms with Crippen LogP contribution < -0.4 is 5.32 Å². The van der Waals surface area contributed by atoms with Gasteiger partial charge in [0, 0.05) is 10.9 Å². The fourth-order valence-corrected chi connectivity index (χ4v) is 2.20. The molecule has 1 aromatic carbocycles. The molecular formula is C13H16ClNO3. The van der Waals surface area contributed by atoms with Gasteiger partial charge in [0.2, 0.25) is 0 Å². The van der Waals surface area contributed by atoms with Crippen molar-refractivity contribution >= 4 is 17.6 Å². The highest BCUT2D eigenvalue weighted by molar-refractivity contribution is 6.30. The van der Waals surface area contributed by atoms with Gasteiger partial charge in [0.1, 0.15) is 12.3 Å². The number of carboxylic acid groups (broad SMARTS) is 1. The summed E-state index contributed by atoms with van der Waals surface area (Å²) in [4.78, 5) is 11.2. The smallest absolute Gasteiger partial charge is 0.321 e. The number of ether oxygens (including phenoxy) is 1. The zero-order chi connectivity index (χ0) is 13.3. The van der Waals surface area contributed by atoms with Gasteiger partial charge in [-0.1, -0.05) is 30.7 Å². The fraction of sp³-hybridized carbons (Fsp3) is 0.462. The van der Waals surface area contributed by atoms with Crippen molar-refractivity contribution in [1.29, 1.82) is 0 Å². The van der Waals surface area contributed by atoms with Crippen LogP contribution in [0.5, 0.6) is 0 Å². The second-order valence-electron chi connectivity index (χ2n) is 4.61. The van der Waals surface area contributed by atoms with Gasteiger partial charge in [-0.25, -0.2) is 0 Å². The minimum absolute atomic E-state index is 0.0777. The van der Waals surface area contributed by atoms with Crippen LogP contribution in [-0.4, -0.2) is 23.2 Å². The van der Waals surface area contributed by atoms with E-state index in [0.29, 0.717) is 5.02 Å². The lowest BCUT2D eigenvalue weighted by Gasteiger charge is -2.38. The number of hydrogen-bond acceptors (Lipinski definition) is 3. The van der Waals surface area contributed by atoms with E-state index < -0.39 is 18.2 Å². The molecule has 0 unspecified atom stereocenters. The summed E-state index contributed by atoms with van der Waals surface area (Å²) in [6.45, 7) is 3.76. The van der Waals surface area contributed by atoms with E-state index in [1.54, 1.807) is 12.1 Å². The third-order valence-corrected chi connectivity index (χ3v) is 3.64. The van der Waals surface area contributed by atoms with E-state index in [0.717, 1.165) is 5.56 Å². The summed E-state index contributed by atoms with van der Waals surface area (Å²) in [5.74, 6) is -0.928. The van der Waals surface area contributed by atoms with Gasteiger partial charge in [0.15, 0.2) is 0 Å². The molecule has 18 heavy (non-hydrogen) atoms. The van der Waals surface area contributed by atoms with Crippen LogP contribution in [0.2, 0.25) is 5.02 Å². The highest BCUT2D eigenvalue weighted by Gasteiger charge is 2.37. The normalized spacial score (nSPS) is 32.2. The molecule has 0 spiro atoms. The lowest BCUT2D eigenvalue weighted by atomic mass is 9.94. The average Bonchev–Trinajstić information content (AvgIpc) is 2.33. The first-order chi connectivity index (χ1) is 8.49. The van der Waals surface area contributed by atoms with Crippen LogP contribution in [0.25, 0.3) is 0 Å². The van der Waals surface area contributed by atoms with Gasteiger partial charge >= 0.3 is 5.97 Å². The quantitative estimate of drug-likeness (QED) is 0.866. The van der Waals surface area contributed by atoms with E-state index in [9.17, 15) is 9.90 Å². The van der Waals surface area contributed by atoms with Crippen LogP contribution in [0, 0.1) is 5.92 Å². The number of carbonyl (C=O) groups is 1. The van der Waals surface area contributed by atoms with Crippen molar-refractivity contribution < 1.29 is 14.6 Å². The summed E-state index contributed by atoms with van der Waals surface area (Å²) in [6.07, 6.45) is -0.525. The number of aliphatic carboxylic acids is 1. The predicted octanol–water partition coefficient (Wildman–Crippen LogP) is 2.44. The Morgan fingerprint density at radius 1 is 1.33 bits per heavy atom. The second kappa shape index (κ2) is 5.26. The topological polar surface area (TPSA) is 58.6 Å². The van der Waals surface area contributed by atoms with E-state index in [-0.39, 0.29) is 12.0 Å². The minimum Gasteiger partial charge on any atom is -0.480 e. The van der Waals surface area contributed by atoms with Crippen molar-refractivity contribution in [2.75, 3.05) is 0 Å². The highest BCUT2D eigenvalue weighted by Crippen LogP contribution is 2.28. The number of rotatable bonds is 2. The molecule has 5 heteroatoms. The van der Waals surface area contributed by atoms with Crippen molar-refractivity contribution in [3.63, 3.8) is 0 Å². The number of hydrogen-bond donors (Lipinski definition) is 2. The van der Waals surface area contributed by atoms with Crippen LogP contribution in [0.15, 0.2) is 24.3 Å². The lowest BCUT2D eigenvalue weighted by Crippen LogP contribution is -2.53. The summed E-state index contributed by atoms with van der Waals surface area (Å²) in [6, 6.07) is 6.60. The van der Waals surface area contributed by atoms with Gasteiger partial charge in [0.05, 0.1) is 6.10 Å². The zero-order valence-electron chi connectivity index (χ0n) is 10.3. The molecule has 0 radical (unpaired) electrons. The molecule has 1 heterocycles. The predicted molar refractivity (Wildman–Crippen MR) is 68.5 cm³/mol. The van der Waals surface area contributed by atoms with Crippen molar-refractivity contribution in [3.05, 3.63) is 34.9 Å². The zero-order valence-corrected chi connectivity index (χ0v) is 11.0. The van der Waals surface area contributed by atoms with Crippen molar-refractivity contribution in [2.45, 2.75) is 32.2 Å². The lowest BCUT2D eigenvalue weighted by molar-refractivity contribution is -0.155. The Kier molecular flexibility index (Phi) is 3.90. The van der Waals surface area contributed by atoms with Crippen molar-refractivity contribution in [1.82, 2.24) is 5.32 Å². The Hall–Kier alpha value is -1.10. The fourth-order valence-electron chi connectivity index (χ4n) is 2.07. The first-order valence-electron chi connectivity index (χ1n) is 5.89. The number of halogens is 1. The maximum Gasteiger partial charge on any atom is 0.321 e. The number of nitrogens with one attached hydrogen (secondary N) is 1. The Morgan fingerprint density at radius 3 is 2.50 bits per heavy atom. The van der Waals surface area contributed by atoms with E-state index in [4.69, 9.17) is 16.3 Å². The van der Waals surface area contributed by atoms with Crippen molar-refractivity contribution in [2.24, 2.45) is 5.92 Å². The van der Waals surface area contributed by atoms with Crippen LogP contribution in [0.1, 0.15) is 25.6 Å². The highest BCUT2D eigenvalue weighted by atomic mass is 35.5. The van der Waals surface area contributed by atoms with Crippen LogP contribution in [0.4, 0.5) is 0 Å². The molecule has 2 rings (SSSR count). The molecule has 1 saturated heterocycles. The van der Waals surface area contributed by atoms with Gasteiger partial charge in [0.25, 0.3) is 0 Å². The van der Waals surface area contributed by atoms with E-state index in [1.165, 1.54) is 0 Å². The molecule has 0 amide bonds. The molecule has 0 saturated carbocycles. The van der Waals surface area contributed by atoms with Crippen molar-refractivity contribution in [3.8, 4) is 0 Å². The van der Waals surface area contributed by atoms with Gasteiger partial charge in [-0.3, -0.25) is 10.1 Å². The molecule has 0 aromatic heterocycles. The molecule has 4 nitrogen and oxygen atoms in total. The van der Waals surface area contributed by atoms with Crippen LogP contribution in [0.3, 0.4) is 0 Å². The molecule has 1 aliphatic heterocycles. The minimum atomic E-state index is -0.850. The first kappa shape index (κ1) is 13.3. The Morgan fingerprint density at radius 2 is 1.94 bits per heavy atom. The first-order valence-corrected chi connectivity index (χ1v) is 6.26. The summed E-state index contributed by atoms with van der Waals surface area (Å²) >= 11 is 5.83. The van der Waals surface area contributed by atoms with E-state index >= 15 is 0 Å². The molecule has 98 valence electrons. The van der Waals surface area contributed by atoms with Gasteiger partial charge in [-0.2, -0.15) is 0 Å². The van der Waals surface area contributed by atoms with Gasteiger partial charge in [-0.15, -0.1) is 0 Å². The van der Waals surface area contributed by atoms with E-state index in [1.807, 2.05) is 26.0 Å². The maximum absolute atomic E-state index is 11.2. The molecule has 4 atom stereocenters. The molecule has 2 N–H and O–H groups in total. The Bertz CT molecular complexity index is 434. The molecule has 1 aliphatic rings. The Labute approximate surface area is 111 Å². The molecule has 1 aromatic rings. The number of carboxylic acids is 1. The third-order valence-electron chi connectivity index (χ3n) is 3.39. The number of benzene rings is 1. The summed E-state index contributed by atoms with van der Waals surface area (Å²) in [5, 5.41) is 12.8. The van der Waals surface area contributed by atoms with Crippen LogP contribution in [-0.2, 0) is 9.53 Å². The molecule has 0 aliphatic carbocycles. The standard InChI is InChI=1S/C13H16ClNO3/c1-7-8(2)18-12(15-11(7)13(16)17)9-3-5-10(14)6-4-9/h3-8,11-12,15H,1-2H3,(H,16,17)/t7-,8-,11-,12+/m0/s1. The largest absolute Gasteiger partial charge is 0.480 e. The Balaban J connectivity index is 2.19. The van der Waals surface area contributed by atoms with E-state index in [2.05, 4.69) is 5.32 Å². The average molecular weight is 270 g/mol. The molecular weight excluding hydrogens is 254 g/mol. The molecule has 0 bridgehead atoms. The summed E-state index contributed by atoms with van der Waals surface area (Å²) < 4.78 is 5.79. The van der Waals surface area contributed by atoms with Gasteiger partial charge in [-0.05, 0) is 24.6 Å². The third kappa shape index (κ3) is 2.66. The molecule has 1 fully saturated rings.